The molecule has 1 aromatic heterocycles. The Bertz CT molecular complexity index is 1590. The number of carbonyl (C=O) groups excluding carboxylic acids is 2. The molecule has 0 fully saturated rings. The second-order valence-corrected chi connectivity index (χ2v) is 11.8. The van der Waals surface area contributed by atoms with Crippen molar-refractivity contribution in [3.8, 4) is 28.3 Å². The number of amides is 2. The highest BCUT2D eigenvalue weighted by molar-refractivity contribution is 6.00. The van der Waals surface area contributed by atoms with Crippen LogP contribution in [0.2, 0.25) is 0 Å². The van der Waals surface area contributed by atoms with Gasteiger partial charge in [0.25, 0.3) is 0 Å². The smallest absolute Gasteiger partial charge is 0.249 e. The maximum absolute atomic E-state index is 14.1. The number of fused-ring (bicyclic) bond motifs is 1. The van der Waals surface area contributed by atoms with Crippen LogP contribution in [0.5, 0.6) is 5.75 Å². The van der Waals surface area contributed by atoms with E-state index in [1.807, 2.05) is 80.6 Å². The van der Waals surface area contributed by atoms with E-state index in [1.54, 1.807) is 18.9 Å². The van der Waals surface area contributed by atoms with Crippen LogP contribution in [0.4, 0.5) is 5.69 Å². The summed E-state index contributed by atoms with van der Waals surface area (Å²) in [7, 11) is 1.62. The number of carbonyl (C=O) groups is 2. The van der Waals surface area contributed by atoms with Crippen LogP contribution in [0, 0.1) is 0 Å². The molecule has 11 heteroatoms. The van der Waals surface area contributed by atoms with Crippen molar-refractivity contribution >= 4 is 17.5 Å². The van der Waals surface area contributed by atoms with Crippen LogP contribution in [0.25, 0.3) is 22.5 Å². The Morgan fingerprint density at radius 2 is 1.89 bits per heavy atom. The number of ether oxygens (including phenoxy) is 1. The van der Waals surface area contributed by atoms with Gasteiger partial charge in [0.05, 0.1) is 19.8 Å². The van der Waals surface area contributed by atoms with Gasteiger partial charge in [0.1, 0.15) is 11.8 Å². The predicted molar refractivity (Wildman–Crippen MR) is 168 cm³/mol. The van der Waals surface area contributed by atoms with Gasteiger partial charge in [-0.25, -0.2) is 0 Å². The molecule has 1 aliphatic rings. The minimum absolute atomic E-state index is 0.163. The lowest BCUT2D eigenvalue weighted by molar-refractivity contribution is -0.128. The van der Waals surface area contributed by atoms with E-state index in [4.69, 9.17) is 4.74 Å². The lowest BCUT2D eigenvalue weighted by Crippen LogP contribution is -2.51. The van der Waals surface area contributed by atoms with E-state index in [1.165, 1.54) is 0 Å². The first-order chi connectivity index (χ1) is 21.1. The maximum Gasteiger partial charge on any atom is 0.249 e. The Balaban J connectivity index is 1.38. The molecular weight excluding hydrogens is 558 g/mol. The van der Waals surface area contributed by atoms with E-state index in [2.05, 4.69) is 31.3 Å². The Morgan fingerprint density at radius 3 is 2.57 bits per heavy atom. The molecular formula is C33H39N7O4. The van der Waals surface area contributed by atoms with Crippen molar-refractivity contribution in [1.29, 1.82) is 0 Å². The van der Waals surface area contributed by atoms with Crippen LogP contribution < -0.4 is 20.3 Å². The standard InChI is InChI=1S/C33H39N7O4/c1-21(41)19-34-33(2,3)18-30(42)35-28-15-13-24-17-25(44-4)14-16-29(24)40(32(28)43)20-22-9-11-23(12-10-22)26-7-5-6-8-27(26)31-36-38-39-37-31/h5-12,14,16-17,21,28,34,41H,13,15,18-20H2,1-4H3,(H,35,42)(H,36,37,38,39)/t21-,28-/m1/s1. The predicted octanol–water partition coefficient (Wildman–Crippen LogP) is 3.65. The molecule has 1 aliphatic heterocycles. The molecule has 0 saturated heterocycles. The molecule has 0 unspecified atom stereocenters. The largest absolute Gasteiger partial charge is 0.497 e. The van der Waals surface area contributed by atoms with Gasteiger partial charge in [0, 0.05) is 29.8 Å². The molecule has 0 spiro atoms. The van der Waals surface area contributed by atoms with Gasteiger partial charge in [0.2, 0.25) is 17.6 Å². The summed E-state index contributed by atoms with van der Waals surface area (Å²) < 4.78 is 5.47. The second-order valence-electron chi connectivity index (χ2n) is 11.8. The molecule has 0 bridgehead atoms. The fourth-order valence-electron chi connectivity index (χ4n) is 5.49. The quantitative estimate of drug-likeness (QED) is 0.205. The number of nitrogens with one attached hydrogen (secondary N) is 3. The van der Waals surface area contributed by atoms with Gasteiger partial charge in [-0.3, -0.25) is 9.59 Å². The molecule has 0 aliphatic carbocycles. The number of rotatable bonds is 11. The average Bonchev–Trinajstić information content (AvgIpc) is 3.52. The number of aryl methyl sites for hydroxylation is 1. The molecule has 2 atom stereocenters. The normalized spacial score (nSPS) is 15.8. The molecule has 2 heterocycles. The summed E-state index contributed by atoms with van der Waals surface area (Å²) in [6.07, 6.45) is 0.708. The zero-order chi connectivity index (χ0) is 31.3. The second kappa shape index (κ2) is 13.4. The van der Waals surface area contributed by atoms with E-state index in [9.17, 15) is 14.7 Å². The monoisotopic (exact) mass is 597 g/mol. The Morgan fingerprint density at radius 1 is 1.14 bits per heavy atom. The minimum Gasteiger partial charge on any atom is -0.497 e. The molecule has 11 nitrogen and oxygen atoms in total. The van der Waals surface area contributed by atoms with Gasteiger partial charge < -0.3 is 25.4 Å². The van der Waals surface area contributed by atoms with Crippen molar-refractivity contribution in [3.63, 3.8) is 0 Å². The molecule has 3 aromatic carbocycles. The van der Waals surface area contributed by atoms with Crippen LogP contribution in [0.1, 0.15) is 44.7 Å². The number of nitrogens with zero attached hydrogens (tertiary/aromatic N) is 4. The number of aliphatic hydroxyl groups excluding tert-OH is 1. The van der Waals surface area contributed by atoms with Gasteiger partial charge in [-0.1, -0.05) is 48.5 Å². The van der Waals surface area contributed by atoms with Crippen molar-refractivity contribution in [3.05, 3.63) is 77.9 Å². The number of H-pyrrole nitrogens is 1. The van der Waals surface area contributed by atoms with Gasteiger partial charge in [0.15, 0.2) is 0 Å². The maximum atomic E-state index is 14.1. The highest BCUT2D eigenvalue weighted by Gasteiger charge is 2.33. The van der Waals surface area contributed by atoms with E-state index >= 15 is 0 Å². The van der Waals surface area contributed by atoms with Crippen molar-refractivity contribution in [1.82, 2.24) is 31.3 Å². The minimum atomic E-state index is -0.686. The van der Waals surface area contributed by atoms with Crippen molar-refractivity contribution in [2.24, 2.45) is 0 Å². The highest BCUT2D eigenvalue weighted by Crippen LogP contribution is 2.33. The third-order valence-electron chi connectivity index (χ3n) is 7.78. The number of hydrogen-bond acceptors (Lipinski definition) is 8. The fraction of sp³-hybridized carbons (Fsp3) is 0.364. The SMILES string of the molecule is COc1ccc2c(c1)CC[C@@H](NC(=O)CC(C)(C)NC[C@@H](C)O)C(=O)N2Cc1ccc(-c2ccccc2-c2nn[nH]n2)cc1. The number of hydrogen-bond donors (Lipinski definition) is 4. The number of aliphatic hydroxyl groups is 1. The average molecular weight is 598 g/mol. The summed E-state index contributed by atoms with van der Waals surface area (Å²) in [5.41, 5.74) is 5.00. The summed E-state index contributed by atoms with van der Waals surface area (Å²) in [4.78, 5) is 28.9. The number of benzene rings is 3. The summed E-state index contributed by atoms with van der Waals surface area (Å²) in [5.74, 6) is 0.847. The zero-order valence-electron chi connectivity index (χ0n) is 25.5. The number of tetrazole rings is 1. The first-order valence-electron chi connectivity index (χ1n) is 14.8. The summed E-state index contributed by atoms with van der Waals surface area (Å²) in [6, 6.07) is 21.0. The van der Waals surface area contributed by atoms with Crippen LogP contribution in [-0.2, 0) is 22.6 Å². The van der Waals surface area contributed by atoms with Crippen LogP contribution in [0.15, 0.2) is 66.7 Å². The summed E-state index contributed by atoms with van der Waals surface area (Å²) in [5, 5.41) is 30.3. The van der Waals surface area contributed by atoms with Gasteiger partial charge in [-0.05, 0) is 79.3 Å². The molecule has 0 radical (unpaired) electrons. The van der Waals surface area contributed by atoms with Crippen LogP contribution >= 0.6 is 0 Å². The lowest BCUT2D eigenvalue weighted by Gasteiger charge is -2.29. The van der Waals surface area contributed by atoms with Crippen molar-refractivity contribution in [2.75, 3.05) is 18.6 Å². The van der Waals surface area contributed by atoms with Gasteiger partial charge in [-0.2, -0.15) is 5.21 Å². The molecule has 2 amide bonds. The first-order valence-corrected chi connectivity index (χ1v) is 14.8. The summed E-state index contributed by atoms with van der Waals surface area (Å²) in [6.45, 7) is 6.20. The first kappa shape index (κ1) is 30.8. The molecule has 0 saturated carbocycles. The third kappa shape index (κ3) is 7.29. The number of anilines is 1. The Hall–Kier alpha value is -4.61. The van der Waals surface area contributed by atoms with Crippen LogP contribution in [0.3, 0.4) is 0 Å². The topological polar surface area (TPSA) is 145 Å². The molecule has 4 aromatic rings. The number of aromatic nitrogens is 4. The third-order valence-corrected chi connectivity index (χ3v) is 7.78. The van der Waals surface area contributed by atoms with E-state index in [0.29, 0.717) is 37.5 Å². The number of aromatic amines is 1. The Labute approximate surface area is 257 Å². The van der Waals surface area contributed by atoms with Gasteiger partial charge >= 0.3 is 0 Å². The number of β-amino-alcohol motifs (C(OH)–C–C–N with tert-alkyl or cyclic N) is 1. The molecule has 4 N–H and O–H groups in total. The molecule has 230 valence electrons. The fourth-order valence-corrected chi connectivity index (χ4v) is 5.49. The van der Waals surface area contributed by atoms with Crippen LogP contribution in [-0.4, -0.2) is 68.9 Å². The van der Waals surface area contributed by atoms with E-state index in [-0.39, 0.29) is 18.2 Å². The van der Waals surface area contributed by atoms with E-state index < -0.39 is 17.7 Å². The molecule has 5 rings (SSSR count). The number of methoxy groups -OCH3 is 1. The zero-order valence-corrected chi connectivity index (χ0v) is 25.5. The van der Waals surface area contributed by atoms with Crippen molar-refractivity contribution in [2.45, 2.75) is 64.3 Å². The Kier molecular flexibility index (Phi) is 9.36. The van der Waals surface area contributed by atoms with Crippen molar-refractivity contribution < 1.29 is 19.4 Å². The lowest BCUT2D eigenvalue weighted by atomic mass is 9.98. The summed E-state index contributed by atoms with van der Waals surface area (Å²) >= 11 is 0. The molecule has 44 heavy (non-hydrogen) atoms. The van der Waals surface area contributed by atoms with E-state index in [0.717, 1.165) is 33.5 Å². The highest BCUT2D eigenvalue weighted by atomic mass is 16.5. The van der Waals surface area contributed by atoms with Gasteiger partial charge in [-0.15, -0.1) is 10.2 Å².